The summed E-state index contributed by atoms with van der Waals surface area (Å²) in [6.07, 6.45) is 3.20. The summed E-state index contributed by atoms with van der Waals surface area (Å²) < 4.78 is 16.2. The molecule has 0 aliphatic heterocycles. The summed E-state index contributed by atoms with van der Waals surface area (Å²) in [5.74, 6) is -1.37. The van der Waals surface area contributed by atoms with Crippen molar-refractivity contribution in [2.45, 2.75) is 52.2 Å². The highest BCUT2D eigenvalue weighted by atomic mass is 35.5. The first kappa shape index (κ1) is 21.6. The zero-order valence-corrected chi connectivity index (χ0v) is 18.5. The monoisotopic (exact) mass is 440 g/mol. The molecule has 0 unspecified atom stereocenters. The number of carbonyl (C=O) groups is 1. The van der Waals surface area contributed by atoms with Crippen LogP contribution in [-0.2, 0) is 19.5 Å². The number of aromatic nitrogens is 1. The first-order valence-electron chi connectivity index (χ1n) is 10.5. The summed E-state index contributed by atoms with van der Waals surface area (Å²) in [6, 6.07) is 13.2. The van der Waals surface area contributed by atoms with Gasteiger partial charge in [0, 0.05) is 40.1 Å². The van der Waals surface area contributed by atoms with E-state index in [0.717, 1.165) is 30.5 Å². The number of hydrogen-bond donors (Lipinski definition) is 2. The molecule has 1 heterocycles. The van der Waals surface area contributed by atoms with Gasteiger partial charge in [-0.15, -0.1) is 0 Å². The van der Waals surface area contributed by atoms with Gasteiger partial charge in [-0.05, 0) is 56.4 Å². The quantitative estimate of drug-likeness (QED) is 0.508. The molecular weight excluding hydrogens is 415 g/mol. The van der Waals surface area contributed by atoms with Gasteiger partial charge in [-0.3, -0.25) is 0 Å². The number of nitrogens with zero attached hydrogens (tertiary/aromatic N) is 1. The van der Waals surface area contributed by atoms with Crippen LogP contribution >= 0.6 is 11.6 Å². The number of halogens is 2. The molecule has 1 aromatic heterocycles. The van der Waals surface area contributed by atoms with Gasteiger partial charge in [0.05, 0.1) is 12.1 Å². The van der Waals surface area contributed by atoms with Crippen LogP contribution in [-0.4, -0.2) is 15.6 Å². The van der Waals surface area contributed by atoms with E-state index in [1.165, 1.54) is 17.2 Å². The van der Waals surface area contributed by atoms with Crippen molar-refractivity contribution in [2.24, 2.45) is 0 Å². The summed E-state index contributed by atoms with van der Waals surface area (Å²) in [5.41, 5.74) is 5.43. The summed E-state index contributed by atoms with van der Waals surface area (Å²) >= 11 is 6.22. The Kier molecular flexibility index (Phi) is 6.17. The van der Waals surface area contributed by atoms with Crippen LogP contribution in [0.5, 0.6) is 0 Å². The fraction of sp³-hybridized carbons (Fsp3) is 0.320. The van der Waals surface area contributed by atoms with E-state index in [2.05, 4.69) is 23.5 Å². The minimum absolute atomic E-state index is 0.190. The highest BCUT2D eigenvalue weighted by Crippen LogP contribution is 2.31. The fourth-order valence-electron chi connectivity index (χ4n) is 4.72. The molecule has 0 fully saturated rings. The molecule has 31 heavy (non-hydrogen) atoms. The molecular formula is C25H26ClFN2O2. The highest BCUT2D eigenvalue weighted by Gasteiger charge is 2.25. The Bertz CT molecular complexity index is 1120. The molecule has 1 aliphatic rings. The van der Waals surface area contributed by atoms with E-state index in [1.807, 2.05) is 17.6 Å². The zero-order chi connectivity index (χ0) is 22.1. The third kappa shape index (κ3) is 4.12. The van der Waals surface area contributed by atoms with Crippen LogP contribution < -0.4 is 5.32 Å². The summed E-state index contributed by atoms with van der Waals surface area (Å²) in [6.45, 7) is 4.28. The molecule has 0 bridgehead atoms. The second-order valence-corrected chi connectivity index (χ2v) is 8.55. The van der Waals surface area contributed by atoms with Crippen molar-refractivity contribution in [3.05, 3.63) is 92.5 Å². The molecule has 0 spiro atoms. The molecule has 1 aliphatic carbocycles. The van der Waals surface area contributed by atoms with Crippen molar-refractivity contribution in [3.8, 4) is 0 Å². The maximum absolute atomic E-state index is 14.4. The third-order valence-electron chi connectivity index (χ3n) is 6.40. The lowest BCUT2D eigenvalue weighted by atomic mass is 9.87. The van der Waals surface area contributed by atoms with Gasteiger partial charge in [-0.2, -0.15) is 0 Å². The van der Waals surface area contributed by atoms with E-state index in [4.69, 9.17) is 11.6 Å². The molecule has 0 radical (unpaired) electrons. The van der Waals surface area contributed by atoms with Gasteiger partial charge in [-0.25, -0.2) is 9.18 Å². The minimum atomic E-state index is -0.972. The van der Waals surface area contributed by atoms with Crippen molar-refractivity contribution >= 4 is 17.6 Å². The van der Waals surface area contributed by atoms with E-state index < -0.39 is 11.8 Å². The first-order valence-corrected chi connectivity index (χ1v) is 10.9. The first-order chi connectivity index (χ1) is 14.9. The van der Waals surface area contributed by atoms with E-state index in [-0.39, 0.29) is 18.2 Å². The molecule has 0 saturated carbocycles. The van der Waals surface area contributed by atoms with Gasteiger partial charge in [0.15, 0.2) is 0 Å². The van der Waals surface area contributed by atoms with Crippen LogP contribution in [0.1, 0.15) is 62.9 Å². The van der Waals surface area contributed by atoms with Crippen LogP contribution in [0.3, 0.4) is 0 Å². The standard InChI is InChI=1S/C25H26ClFN2O2/c1-15-19(13-28-23-12-5-8-17-7-3-4-9-18(17)23)24(25(30)31)16(2)29(15)14-20-21(26)10-6-11-22(20)27/h3-4,6-7,9-11,23,28H,5,8,12-14H2,1-2H3,(H,30,31)/t23-/m0/s1. The number of carboxylic acids is 1. The number of aromatic carboxylic acids is 1. The maximum Gasteiger partial charge on any atom is 0.337 e. The van der Waals surface area contributed by atoms with Crippen molar-refractivity contribution in [3.63, 3.8) is 0 Å². The van der Waals surface area contributed by atoms with Gasteiger partial charge in [-0.1, -0.05) is 41.9 Å². The van der Waals surface area contributed by atoms with Crippen molar-refractivity contribution in [1.82, 2.24) is 9.88 Å². The molecule has 162 valence electrons. The Morgan fingerprint density at radius 3 is 2.68 bits per heavy atom. The molecule has 6 heteroatoms. The van der Waals surface area contributed by atoms with Gasteiger partial charge in [0.25, 0.3) is 0 Å². The molecule has 2 N–H and O–H groups in total. The van der Waals surface area contributed by atoms with Crippen molar-refractivity contribution in [2.75, 3.05) is 0 Å². The molecule has 4 rings (SSSR count). The largest absolute Gasteiger partial charge is 0.478 e. The van der Waals surface area contributed by atoms with Crippen LogP contribution in [0.15, 0.2) is 42.5 Å². The normalized spacial score (nSPS) is 15.7. The van der Waals surface area contributed by atoms with Gasteiger partial charge < -0.3 is 15.0 Å². The van der Waals surface area contributed by atoms with Crippen LogP contribution in [0.4, 0.5) is 4.39 Å². The average molecular weight is 441 g/mol. The Morgan fingerprint density at radius 2 is 1.94 bits per heavy atom. The number of carboxylic acid groups (broad SMARTS) is 1. The second kappa shape index (κ2) is 8.85. The second-order valence-electron chi connectivity index (χ2n) is 8.14. The van der Waals surface area contributed by atoms with E-state index in [1.54, 1.807) is 19.1 Å². The van der Waals surface area contributed by atoms with Gasteiger partial charge in [0.1, 0.15) is 5.82 Å². The number of nitrogens with one attached hydrogen (secondary N) is 1. The SMILES string of the molecule is Cc1c(CN[C@H]2CCCc3ccccc32)c(C(=O)O)c(C)n1Cc1c(F)cccc1Cl. The van der Waals surface area contributed by atoms with Crippen LogP contribution in [0.2, 0.25) is 5.02 Å². The lowest BCUT2D eigenvalue weighted by molar-refractivity contribution is 0.0694. The fourth-order valence-corrected chi connectivity index (χ4v) is 4.94. The molecule has 3 aromatic rings. The van der Waals surface area contributed by atoms with Crippen LogP contribution in [0, 0.1) is 19.7 Å². The third-order valence-corrected chi connectivity index (χ3v) is 6.75. The Labute approximate surface area is 186 Å². The number of hydrogen-bond acceptors (Lipinski definition) is 2. The smallest absolute Gasteiger partial charge is 0.337 e. The average Bonchev–Trinajstić information content (AvgIpc) is 2.98. The molecule has 4 nitrogen and oxygen atoms in total. The Hall–Kier alpha value is -2.63. The number of aryl methyl sites for hydroxylation is 1. The Morgan fingerprint density at radius 1 is 1.16 bits per heavy atom. The number of fused-ring (bicyclic) bond motifs is 1. The van der Waals surface area contributed by atoms with Gasteiger partial charge >= 0.3 is 5.97 Å². The van der Waals surface area contributed by atoms with E-state index in [0.29, 0.717) is 22.8 Å². The highest BCUT2D eigenvalue weighted by molar-refractivity contribution is 6.31. The molecule has 2 aromatic carbocycles. The van der Waals surface area contributed by atoms with Crippen molar-refractivity contribution < 1.29 is 14.3 Å². The number of benzene rings is 2. The molecule has 0 saturated heterocycles. The van der Waals surface area contributed by atoms with E-state index in [9.17, 15) is 14.3 Å². The summed E-state index contributed by atoms with van der Waals surface area (Å²) in [7, 11) is 0. The molecule has 0 amide bonds. The maximum atomic E-state index is 14.4. The lowest BCUT2D eigenvalue weighted by Gasteiger charge is -2.26. The van der Waals surface area contributed by atoms with Crippen molar-refractivity contribution in [1.29, 1.82) is 0 Å². The Balaban J connectivity index is 1.66. The summed E-state index contributed by atoms with van der Waals surface area (Å²) in [4.78, 5) is 12.1. The number of rotatable bonds is 6. The predicted octanol–water partition coefficient (Wildman–Crippen LogP) is 5.81. The van der Waals surface area contributed by atoms with Gasteiger partial charge in [0.2, 0.25) is 0 Å². The topological polar surface area (TPSA) is 54.3 Å². The molecule has 1 atom stereocenters. The van der Waals surface area contributed by atoms with Crippen LogP contribution in [0.25, 0.3) is 0 Å². The zero-order valence-electron chi connectivity index (χ0n) is 17.7. The predicted molar refractivity (Wildman–Crippen MR) is 120 cm³/mol. The van der Waals surface area contributed by atoms with E-state index >= 15 is 0 Å². The lowest BCUT2D eigenvalue weighted by Crippen LogP contribution is -2.25. The minimum Gasteiger partial charge on any atom is -0.478 e. The summed E-state index contributed by atoms with van der Waals surface area (Å²) in [5, 5.41) is 13.8.